The molecule has 86 valence electrons. The lowest BCUT2D eigenvalue weighted by atomic mass is 10.3. The van der Waals surface area contributed by atoms with Gasteiger partial charge in [-0.2, -0.15) is 10.2 Å². The number of ether oxygens (including phenoxy) is 1. The van der Waals surface area contributed by atoms with Gasteiger partial charge in [-0.05, 0) is 31.2 Å². The highest BCUT2D eigenvalue weighted by atomic mass is 19.1. The Morgan fingerprint density at radius 1 is 1.44 bits per heavy atom. The highest BCUT2D eigenvalue weighted by Gasteiger charge is 2.01. The van der Waals surface area contributed by atoms with E-state index in [9.17, 15) is 9.18 Å². The van der Waals surface area contributed by atoms with Gasteiger partial charge in [0.25, 0.3) is 0 Å². The minimum atomic E-state index is -0.344. The van der Waals surface area contributed by atoms with Gasteiger partial charge in [0.2, 0.25) is 0 Å². The van der Waals surface area contributed by atoms with Crippen LogP contribution in [0.2, 0.25) is 0 Å². The number of carbonyl (C=O) groups is 1. The fourth-order valence-corrected chi connectivity index (χ4v) is 0.944. The fraction of sp³-hybridized carbons (Fsp3) is 0.364. The molecule has 0 saturated carbocycles. The highest BCUT2D eigenvalue weighted by molar-refractivity contribution is 5.65. The molecule has 0 fully saturated rings. The Morgan fingerprint density at radius 2 is 2.06 bits per heavy atom. The molecule has 0 heterocycles. The normalized spacial score (nSPS) is 12.7. The van der Waals surface area contributed by atoms with Crippen molar-refractivity contribution in [3.8, 4) is 0 Å². The molecule has 0 aliphatic heterocycles. The second-order valence-corrected chi connectivity index (χ2v) is 3.34. The van der Waals surface area contributed by atoms with Gasteiger partial charge >= 0.3 is 5.97 Å². The van der Waals surface area contributed by atoms with Crippen molar-refractivity contribution in [2.75, 3.05) is 6.61 Å². The molecule has 4 nitrogen and oxygen atoms in total. The van der Waals surface area contributed by atoms with E-state index < -0.39 is 0 Å². The van der Waals surface area contributed by atoms with E-state index in [1.165, 1.54) is 31.2 Å². The predicted molar refractivity (Wildman–Crippen MR) is 57.0 cm³/mol. The van der Waals surface area contributed by atoms with Crippen molar-refractivity contribution >= 4 is 11.7 Å². The molecule has 0 aromatic heterocycles. The topological polar surface area (TPSA) is 51.0 Å². The molecule has 0 radical (unpaired) electrons. The van der Waals surface area contributed by atoms with Gasteiger partial charge in [-0.25, -0.2) is 4.39 Å². The zero-order valence-corrected chi connectivity index (χ0v) is 9.18. The number of carbonyl (C=O) groups excluding carboxylic acids is 1. The maximum atomic E-state index is 12.6. The quantitative estimate of drug-likeness (QED) is 0.583. The minimum absolute atomic E-state index is 0.194. The zero-order valence-electron chi connectivity index (χ0n) is 9.18. The number of halogens is 1. The van der Waals surface area contributed by atoms with Crippen molar-refractivity contribution in [2.45, 2.75) is 19.9 Å². The van der Waals surface area contributed by atoms with Gasteiger partial charge in [-0.1, -0.05) is 0 Å². The average Bonchev–Trinajstić information content (AvgIpc) is 2.25. The summed E-state index contributed by atoms with van der Waals surface area (Å²) in [7, 11) is 0. The first kappa shape index (κ1) is 12.3. The van der Waals surface area contributed by atoms with E-state index in [2.05, 4.69) is 10.2 Å². The summed E-state index contributed by atoms with van der Waals surface area (Å²) < 4.78 is 17.3. The molecule has 16 heavy (non-hydrogen) atoms. The van der Waals surface area contributed by atoms with Crippen molar-refractivity contribution in [3.05, 3.63) is 30.1 Å². The summed E-state index contributed by atoms with van der Waals surface area (Å²) in [6, 6.07) is 5.46. The van der Waals surface area contributed by atoms with Gasteiger partial charge in [0.1, 0.15) is 18.5 Å². The first-order valence-corrected chi connectivity index (χ1v) is 4.87. The third-order valence-corrected chi connectivity index (χ3v) is 1.72. The van der Waals surface area contributed by atoms with Crippen LogP contribution in [0.3, 0.4) is 0 Å². The lowest BCUT2D eigenvalue weighted by Gasteiger charge is -2.04. The standard InChI is InChI=1S/C11H13FN2O2/c1-8(7-16-9(2)15)13-14-11-5-3-10(12)4-6-11/h3-6,8H,7H2,1-2H3/b14-13+. The molecule has 5 heteroatoms. The van der Waals surface area contributed by atoms with Crippen molar-refractivity contribution in [1.29, 1.82) is 0 Å². The molecule has 0 aliphatic carbocycles. The average molecular weight is 224 g/mol. The van der Waals surface area contributed by atoms with Crippen LogP contribution in [0.25, 0.3) is 0 Å². The van der Waals surface area contributed by atoms with E-state index in [-0.39, 0.29) is 24.4 Å². The molecule has 1 aromatic carbocycles. The fourth-order valence-electron chi connectivity index (χ4n) is 0.944. The molecular formula is C11H13FN2O2. The molecule has 0 bridgehead atoms. The van der Waals surface area contributed by atoms with Gasteiger partial charge in [-0.15, -0.1) is 0 Å². The third kappa shape index (κ3) is 4.63. The molecule has 1 aromatic rings. The number of nitrogens with zero attached hydrogens (tertiary/aromatic N) is 2. The van der Waals surface area contributed by atoms with Crippen molar-refractivity contribution in [3.63, 3.8) is 0 Å². The number of hydrogen-bond donors (Lipinski definition) is 0. The Labute approximate surface area is 93.1 Å². The number of rotatable bonds is 4. The van der Waals surface area contributed by atoms with Crippen LogP contribution in [0, 0.1) is 5.82 Å². The van der Waals surface area contributed by atoms with E-state index in [0.29, 0.717) is 5.69 Å². The zero-order chi connectivity index (χ0) is 12.0. The van der Waals surface area contributed by atoms with Crippen LogP contribution in [-0.4, -0.2) is 18.6 Å². The van der Waals surface area contributed by atoms with Crippen molar-refractivity contribution in [2.24, 2.45) is 10.2 Å². The van der Waals surface area contributed by atoms with Gasteiger partial charge < -0.3 is 4.74 Å². The van der Waals surface area contributed by atoms with Gasteiger partial charge in [0.15, 0.2) is 0 Å². The number of azo groups is 1. The molecule has 0 saturated heterocycles. The summed E-state index contributed by atoms with van der Waals surface area (Å²) in [6.45, 7) is 3.31. The Balaban J connectivity index is 2.46. The number of hydrogen-bond acceptors (Lipinski definition) is 4. The summed E-state index contributed by atoms with van der Waals surface area (Å²) in [5, 5.41) is 7.81. The van der Waals surface area contributed by atoms with Crippen molar-refractivity contribution in [1.82, 2.24) is 0 Å². The Bertz CT molecular complexity index is 376. The SMILES string of the molecule is CC(=O)OCC(C)/N=N/c1ccc(F)cc1. The summed E-state index contributed by atoms with van der Waals surface area (Å²) in [6.07, 6.45) is 0. The van der Waals surface area contributed by atoms with Gasteiger partial charge in [-0.3, -0.25) is 4.79 Å². The monoisotopic (exact) mass is 224 g/mol. The maximum Gasteiger partial charge on any atom is 0.302 e. The molecule has 1 rings (SSSR count). The summed E-state index contributed by atoms with van der Waals surface area (Å²) in [5.74, 6) is -0.657. The smallest absolute Gasteiger partial charge is 0.302 e. The Morgan fingerprint density at radius 3 is 2.62 bits per heavy atom. The molecular weight excluding hydrogens is 211 g/mol. The Kier molecular flexibility index (Phi) is 4.57. The van der Waals surface area contributed by atoms with Crippen LogP contribution < -0.4 is 0 Å². The molecule has 1 unspecified atom stereocenters. The summed E-state index contributed by atoms with van der Waals surface area (Å²) >= 11 is 0. The van der Waals surface area contributed by atoms with Crippen LogP contribution in [0.5, 0.6) is 0 Å². The van der Waals surface area contributed by atoms with Crippen LogP contribution in [-0.2, 0) is 9.53 Å². The molecule has 0 aliphatic rings. The van der Waals surface area contributed by atoms with E-state index in [1.54, 1.807) is 6.92 Å². The Hall–Kier alpha value is -1.78. The molecule has 1 atom stereocenters. The summed E-state index contributed by atoms with van der Waals surface area (Å²) in [5.41, 5.74) is 0.566. The lowest BCUT2D eigenvalue weighted by Crippen LogP contribution is -2.11. The first-order valence-electron chi connectivity index (χ1n) is 4.87. The second-order valence-electron chi connectivity index (χ2n) is 3.34. The largest absolute Gasteiger partial charge is 0.464 e. The lowest BCUT2D eigenvalue weighted by molar-refractivity contribution is -0.141. The molecule has 0 N–H and O–H groups in total. The molecule has 0 amide bonds. The van der Waals surface area contributed by atoms with Crippen LogP contribution in [0.1, 0.15) is 13.8 Å². The maximum absolute atomic E-state index is 12.6. The van der Waals surface area contributed by atoms with E-state index in [1.807, 2.05) is 0 Å². The highest BCUT2D eigenvalue weighted by Crippen LogP contribution is 2.13. The van der Waals surface area contributed by atoms with E-state index >= 15 is 0 Å². The van der Waals surface area contributed by atoms with Crippen molar-refractivity contribution < 1.29 is 13.9 Å². The van der Waals surface area contributed by atoms with Crippen LogP contribution in [0.15, 0.2) is 34.5 Å². The summed E-state index contributed by atoms with van der Waals surface area (Å²) in [4.78, 5) is 10.5. The minimum Gasteiger partial charge on any atom is -0.464 e. The first-order chi connectivity index (χ1) is 7.58. The molecule has 0 spiro atoms. The van der Waals surface area contributed by atoms with Crippen LogP contribution in [0.4, 0.5) is 10.1 Å². The predicted octanol–water partition coefficient (Wildman–Crippen LogP) is 2.86. The van der Waals surface area contributed by atoms with Gasteiger partial charge in [0.05, 0.1) is 5.69 Å². The van der Waals surface area contributed by atoms with E-state index in [4.69, 9.17) is 4.74 Å². The van der Waals surface area contributed by atoms with E-state index in [0.717, 1.165) is 0 Å². The second kappa shape index (κ2) is 5.95. The third-order valence-electron chi connectivity index (χ3n) is 1.72. The number of esters is 1. The number of benzene rings is 1. The van der Waals surface area contributed by atoms with Gasteiger partial charge in [0, 0.05) is 6.92 Å². The van der Waals surface area contributed by atoms with Crippen LogP contribution >= 0.6 is 0 Å².